The lowest BCUT2D eigenvalue weighted by molar-refractivity contribution is 0.0396. The Bertz CT molecular complexity index is 919. The highest BCUT2D eigenvalue weighted by molar-refractivity contribution is 5.92. The zero-order chi connectivity index (χ0) is 20.3. The molecule has 1 fully saturated rings. The lowest BCUT2D eigenvalue weighted by Gasteiger charge is -2.40. The average molecular weight is 393 g/mol. The third-order valence-electron chi connectivity index (χ3n) is 5.92. The van der Waals surface area contributed by atoms with Crippen molar-refractivity contribution >= 4 is 11.9 Å². The van der Waals surface area contributed by atoms with Crippen LogP contribution in [0.2, 0.25) is 0 Å². The van der Waals surface area contributed by atoms with Crippen LogP contribution >= 0.6 is 0 Å². The molecule has 0 aromatic heterocycles. The van der Waals surface area contributed by atoms with Gasteiger partial charge < -0.3 is 21.1 Å². The summed E-state index contributed by atoms with van der Waals surface area (Å²) in [7, 11) is 1.77. The van der Waals surface area contributed by atoms with Crippen LogP contribution in [-0.2, 0) is 6.54 Å². The van der Waals surface area contributed by atoms with Gasteiger partial charge in [-0.3, -0.25) is 9.79 Å². The van der Waals surface area contributed by atoms with Gasteiger partial charge in [0.25, 0.3) is 0 Å². The lowest BCUT2D eigenvalue weighted by atomic mass is 9.86. The number of fused-ring (bicyclic) bond motifs is 1. The van der Waals surface area contributed by atoms with Gasteiger partial charge in [0, 0.05) is 31.1 Å². The highest BCUT2D eigenvalue weighted by atomic mass is 16.5. The second kappa shape index (κ2) is 8.15. The van der Waals surface area contributed by atoms with Gasteiger partial charge in [-0.05, 0) is 49.4 Å². The van der Waals surface area contributed by atoms with Crippen LogP contribution in [0.5, 0.6) is 5.75 Å². The highest BCUT2D eigenvalue weighted by Crippen LogP contribution is 2.46. The third kappa shape index (κ3) is 4.21. The number of ether oxygens (including phenoxy) is 1. The predicted molar refractivity (Wildman–Crippen MR) is 114 cm³/mol. The molecule has 2 aromatic carbocycles. The van der Waals surface area contributed by atoms with Crippen molar-refractivity contribution in [3.05, 3.63) is 65.2 Å². The van der Waals surface area contributed by atoms with Crippen molar-refractivity contribution < 1.29 is 9.53 Å². The van der Waals surface area contributed by atoms with Crippen LogP contribution in [0.1, 0.15) is 59.6 Å². The lowest BCUT2D eigenvalue weighted by Crippen LogP contribution is -2.46. The van der Waals surface area contributed by atoms with Crippen LogP contribution in [0.4, 0.5) is 0 Å². The summed E-state index contributed by atoms with van der Waals surface area (Å²) in [4.78, 5) is 15.8. The maximum Gasteiger partial charge on any atom is 0.248 e. The molecule has 1 amide bonds. The Kier molecular flexibility index (Phi) is 5.43. The minimum absolute atomic E-state index is 0.0688. The van der Waals surface area contributed by atoms with E-state index in [1.807, 2.05) is 18.2 Å². The fraction of sp³-hybridized carbons (Fsp3) is 0.391. The topological polar surface area (TPSA) is 88.7 Å². The van der Waals surface area contributed by atoms with Crippen molar-refractivity contribution in [3.63, 3.8) is 0 Å². The van der Waals surface area contributed by atoms with Gasteiger partial charge in [-0.1, -0.05) is 30.3 Å². The number of amides is 1. The maximum atomic E-state index is 11.4. The first-order valence-corrected chi connectivity index (χ1v) is 10.2. The number of rotatable bonds is 4. The fourth-order valence-corrected chi connectivity index (χ4v) is 4.45. The molecular weight excluding hydrogens is 364 g/mol. The molecule has 1 aliphatic heterocycles. The summed E-state index contributed by atoms with van der Waals surface area (Å²) in [6, 6.07) is 15.7. The summed E-state index contributed by atoms with van der Waals surface area (Å²) in [5, 5.41) is 6.94. The minimum Gasteiger partial charge on any atom is -0.487 e. The van der Waals surface area contributed by atoms with Crippen LogP contribution in [0.15, 0.2) is 53.5 Å². The largest absolute Gasteiger partial charge is 0.487 e. The van der Waals surface area contributed by atoms with Gasteiger partial charge in [0.15, 0.2) is 5.96 Å². The smallest absolute Gasteiger partial charge is 0.248 e. The summed E-state index contributed by atoms with van der Waals surface area (Å²) in [6.45, 7) is 0.552. The van der Waals surface area contributed by atoms with Gasteiger partial charge in [-0.2, -0.15) is 0 Å². The Hall–Kier alpha value is -3.02. The number of nitrogens with two attached hydrogens (primary N) is 1. The number of nitrogens with one attached hydrogen (secondary N) is 2. The number of benzene rings is 2. The van der Waals surface area contributed by atoms with Crippen molar-refractivity contribution in [1.29, 1.82) is 0 Å². The first kappa shape index (κ1) is 19.3. The predicted octanol–water partition coefficient (Wildman–Crippen LogP) is 3.29. The molecule has 1 atom stereocenters. The molecule has 0 saturated heterocycles. The van der Waals surface area contributed by atoms with Crippen LogP contribution in [0, 0.1) is 0 Å². The summed E-state index contributed by atoms with van der Waals surface area (Å²) >= 11 is 0. The van der Waals surface area contributed by atoms with Crippen LogP contribution in [0.25, 0.3) is 0 Å². The Morgan fingerprint density at radius 3 is 2.76 bits per heavy atom. The summed E-state index contributed by atoms with van der Waals surface area (Å²) in [6.07, 6.45) is 5.58. The van der Waals surface area contributed by atoms with E-state index in [9.17, 15) is 4.79 Å². The number of carbonyl (C=O) groups excluding carboxylic acids is 1. The molecule has 6 nitrogen and oxygen atoms in total. The normalized spacial score (nSPS) is 20.0. The molecule has 29 heavy (non-hydrogen) atoms. The molecule has 1 unspecified atom stereocenters. The minimum atomic E-state index is -0.421. The maximum absolute atomic E-state index is 11.4. The average Bonchev–Trinajstić information content (AvgIpc) is 3.18. The number of nitrogens with zero attached hydrogens (tertiary/aromatic N) is 1. The van der Waals surface area contributed by atoms with Crippen molar-refractivity contribution in [1.82, 2.24) is 10.6 Å². The Balaban J connectivity index is 1.48. The van der Waals surface area contributed by atoms with Crippen LogP contribution in [-0.4, -0.2) is 24.5 Å². The molecule has 1 spiro atoms. The Morgan fingerprint density at radius 1 is 1.21 bits per heavy atom. The number of carbonyl (C=O) groups is 1. The van der Waals surface area contributed by atoms with E-state index in [0.717, 1.165) is 36.5 Å². The molecular formula is C23H28N4O2. The van der Waals surface area contributed by atoms with Gasteiger partial charge in [0.2, 0.25) is 5.91 Å². The van der Waals surface area contributed by atoms with Gasteiger partial charge in [0.1, 0.15) is 11.4 Å². The molecule has 2 aromatic rings. The van der Waals surface area contributed by atoms with E-state index in [2.05, 4.69) is 33.8 Å². The fourth-order valence-electron chi connectivity index (χ4n) is 4.45. The first-order valence-electron chi connectivity index (χ1n) is 10.2. The van der Waals surface area contributed by atoms with E-state index in [-0.39, 0.29) is 11.6 Å². The van der Waals surface area contributed by atoms with Crippen LogP contribution < -0.4 is 21.1 Å². The number of para-hydroxylation sites is 1. The monoisotopic (exact) mass is 392 g/mol. The van der Waals surface area contributed by atoms with E-state index in [1.165, 1.54) is 18.4 Å². The third-order valence-corrected chi connectivity index (χ3v) is 5.92. The number of primary amides is 1. The second-order valence-corrected chi connectivity index (χ2v) is 7.92. The molecule has 4 rings (SSSR count). The first-order chi connectivity index (χ1) is 14.1. The molecule has 0 bridgehead atoms. The van der Waals surface area contributed by atoms with Crippen molar-refractivity contribution in [2.75, 3.05) is 7.05 Å². The summed E-state index contributed by atoms with van der Waals surface area (Å²) in [5.74, 6) is 1.28. The van der Waals surface area contributed by atoms with Gasteiger partial charge in [-0.25, -0.2) is 0 Å². The molecule has 1 saturated carbocycles. The quantitative estimate of drug-likeness (QED) is 0.550. The zero-order valence-corrected chi connectivity index (χ0v) is 16.8. The SMILES string of the molecule is CN=C(NCc1cccc(C(N)=O)c1)NC1CC2(CCCC2)Oc2ccccc21. The van der Waals surface area contributed by atoms with Crippen LogP contribution in [0.3, 0.4) is 0 Å². The van der Waals surface area contributed by atoms with Crippen molar-refractivity contribution in [2.24, 2.45) is 10.7 Å². The molecule has 1 heterocycles. The standard InChI is InChI=1S/C23H28N4O2/c1-25-22(26-15-16-7-6-8-17(13-16)21(24)28)27-19-14-23(11-4-5-12-23)29-20-10-3-2-9-18(19)20/h2-3,6-10,13,19H,4-5,11-12,14-15H2,1H3,(H2,24,28)(H2,25,26,27). The van der Waals surface area contributed by atoms with Crippen molar-refractivity contribution in [2.45, 2.75) is 50.3 Å². The zero-order valence-electron chi connectivity index (χ0n) is 16.8. The molecule has 4 N–H and O–H groups in total. The number of guanidine groups is 1. The van der Waals surface area contributed by atoms with E-state index >= 15 is 0 Å². The number of hydrogen-bond donors (Lipinski definition) is 3. The van der Waals surface area contributed by atoms with Gasteiger partial charge >= 0.3 is 0 Å². The molecule has 1 aliphatic carbocycles. The van der Waals surface area contributed by atoms with Gasteiger partial charge in [-0.15, -0.1) is 0 Å². The highest BCUT2D eigenvalue weighted by Gasteiger charge is 2.43. The second-order valence-electron chi connectivity index (χ2n) is 7.92. The van der Waals surface area contributed by atoms with E-state index in [1.54, 1.807) is 19.2 Å². The van der Waals surface area contributed by atoms with E-state index in [0.29, 0.717) is 12.1 Å². The van der Waals surface area contributed by atoms with Crippen molar-refractivity contribution in [3.8, 4) is 5.75 Å². The molecule has 0 radical (unpaired) electrons. The number of hydrogen-bond acceptors (Lipinski definition) is 3. The Labute approximate surface area is 171 Å². The molecule has 152 valence electrons. The molecule has 6 heteroatoms. The van der Waals surface area contributed by atoms with Gasteiger partial charge in [0.05, 0.1) is 6.04 Å². The summed E-state index contributed by atoms with van der Waals surface area (Å²) in [5.41, 5.74) is 7.97. The van der Waals surface area contributed by atoms with E-state index < -0.39 is 5.91 Å². The summed E-state index contributed by atoms with van der Waals surface area (Å²) < 4.78 is 6.45. The Morgan fingerprint density at radius 2 is 2.00 bits per heavy atom. The van der Waals surface area contributed by atoms with E-state index in [4.69, 9.17) is 10.5 Å². The molecule has 2 aliphatic rings. The number of aliphatic imine (C=N–C) groups is 1.